The molecule has 0 aliphatic carbocycles. The van der Waals surface area contributed by atoms with E-state index in [1.165, 1.54) is 14.0 Å². The Balaban J connectivity index is 2.32. The van der Waals surface area contributed by atoms with Crippen LogP contribution in [0.3, 0.4) is 0 Å². The summed E-state index contributed by atoms with van der Waals surface area (Å²) in [5.41, 5.74) is 1.04. The Kier molecular flexibility index (Phi) is 4.61. The summed E-state index contributed by atoms with van der Waals surface area (Å²) in [6, 6.07) is 12.1. The number of carbonyl (C=O) groups excluding carboxylic acids is 1. The maximum Gasteiger partial charge on any atom is 0.160 e. The van der Waals surface area contributed by atoms with Gasteiger partial charge in [0.05, 0.1) is 18.7 Å². The molecular formula is C16H12BrNO3. The molecule has 0 unspecified atom stereocenters. The summed E-state index contributed by atoms with van der Waals surface area (Å²) < 4.78 is 11.5. The van der Waals surface area contributed by atoms with Crippen molar-refractivity contribution in [2.24, 2.45) is 0 Å². The van der Waals surface area contributed by atoms with E-state index in [9.17, 15) is 4.79 Å². The molecule has 2 rings (SSSR count). The largest absolute Gasteiger partial charge is 0.497 e. The molecule has 0 aliphatic rings. The number of ketones is 1. The first-order valence-electron chi connectivity index (χ1n) is 6.11. The number of hydrogen-bond acceptors (Lipinski definition) is 4. The summed E-state index contributed by atoms with van der Waals surface area (Å²) in [7, 11) is 1.53. The maximum atomic E-state index is 11.4. The molecule has 21 heavy (non-hydrogen) atoms. The van der Waals surface area contributed by atoms with Crippen LogP contribution in [0.5, 0.6) is 17.2 Å². The summed E-state index contributed by atoms with van der Waals surface area (Å²) in [5.74, 6) is 1.57. The number of carbonyl (C=O) groups is 1. The van der Waals surface area contributed by atoms with Crippen LogP contribution < -0.4 is 9.47 Å². The number of nitrogens with zero attached hydrogens (tertiary/aromatic N) is 1. The molecule has 4 nitrogen and oxygen atoms in total. The highest BCUT2D eigenvalue weighted by atomic mass is 79.9. The molecule has 106 valence electrons. The lowest BCUT2D eigenvalue weighted by Gasteiger charge is -2.09. The molecule has 0 spiro atoms. The lowest BCUT2D eigenvalue weighted by molar-refractivity contribution is 0.101. The van der Waals surface area contributed by atoms with Gasteiger partial charge in [0.25, 0.3) is 0 Å². The second-order valence-corrected chi connectivity index (χ2v) is 5.16. The van der Waals surface area contributed by atoms with Crippen molar-refractivity contribution in [1.82, 2.24) is 0 Å². The molecule has 0 bridgehead atoms. The van der Waals surface area contributed by atoms with Crippen LogP contribution in [0, 0.1) is 11.3 Å². The van der Waals surface area contributed by atoms with Crippen LogP contribution in [0.1, 0.15) is 22.8 Å². The molecule has 0 radical (unpaired) electrons. The molecule has 0 fully saturated rings. The molecular weight excluding hydrogens is 334 g/mol. The van der Waals surface area contributed by atoms with Gasteiger partial charge in [-0.2, -0.15) is 5.26 Å². The Morgan fingerprint density at radius 2 is 1.86 bits per heavy atom. The first-order chi connectivity index (χ1) is 10.0. The fraction of sp³-hybridized carbons (Fsp3) is 0.125. The monoisotopic (exact) mass is 345 g/mol. The highest BCUT2D eigenvalue weighted by molar-refractivity contribution is 9.10. The summed E-state index contributed by atoms with van der Waals surface area (Å²) >= 11 is 3.34. The van der Waals surface area contributed by atoms with Crippen LogP contribution in [-0.2, 0) is 0 Å². The second kappa shape index (κ2) is 6.42. The third-order valence-electron chi connectivity index (χ3n) is 2.80. The van der Waals surface area contributed by atoms with Crippen LogP contribution in [-0.4, -0.2) is 12.9 Å². The van der Waals surface area contributed by atoms with Crippen LogP contribution >= 0.6 is 15.9 Å². The van der Waals surface area contributed by atoms with Crippen LogP contribution in [0.15, 0.2) is 40.9 Å². The number of halogens is 1. The molecule has 0 N–H and O–H groups in total. The first-order valence-corrected chi connectivity index (χ1v) is 6.90. The van der Waals surface area contributed by atoms with Gasteiger partial charge in [0.15, 0.2) is 5.78 Å². The van der Waals surface area contributed by atoms with Crippen molar-refractivity contribution in [3.8, 4) is 23.3 Å². The molecule has 0 heterocycles. The summed E-state index contributed by atoms with van der Waals surface area (Å²) in [5, 5.41) is 8.98. The average molecular weight is 346 g/mol. The predicted molar refractivity (Wildman–Crippen MR) is 81.9 cm³/mol. The molecule has 2 aromatic rings. The highest BCUT2D eigenvalue weighted by Crippen LogP contribution is 2.30. The van der Waals surface area contributed by atoms with E-state index >= 15 is 0 Å². The fourth-order valence-electron chi connectivity index (χ4n) is 1.79. The van der Waals surface area contributed by atoms with E-state index in [0.717, 1.165) is 0 Å². The summed E-state index contributed by atoms with van der Waals surface area (Å²) in [4.78, 5) is 11.4. The molecule has 0 aliphatic heterocycles. The summed E-state index contributed by atoms with van der Waals surface area (Å²) in [6.07, 6.45) is 0. The number of benzene rings is 2. The van der Waals surface area contributed by atoms with Crippen molar-refractivity contribution >= 4 is 21.7 Å². The van der Waals surface area contributed by atoms with Gasteiger partial charge in [-0.3, -0.25) is 4.79 Å². The van der Waals surface area contributed by atoms with E-state index < -0.39 is 0 Å². The van der Waals surface area contributed by atoms with Gasteiger partial charge in [-0.1, -0.05) is 0 Å². The minimum atomic E-state index is -0.0263. The number of ether oxygens (including phenoxy) is 2. The van der Waals surface area contributed by atoms with Gasteiger partial charge in [-0.15, -0.1) is 0 Å². The van der Waals surface area contributed by atoms with E-state index in [1.54, 1.807) is 36.4 Å². The van der Waals surface area contributed by atoms with E-state index in [4.69, 9.17) is 14.7 Å². The van der Waals surface area contributed by atoms with Crippen LogP contribution in [0.4, 0.5) is 0 Å². The molecule has 2 aromatic carbocycles. The van der Waals surface area contributed by atoms with Crippen LogP contribution in [0.25, 0.3) is 0 Å². The van der Waals surface area contributed by atoms with E-state index in [0.29, 0.717) is 32.8 Å². The third kappa shape index (κ3) is 3.61. The van der Waals surface area contributed by atoms with E-state index in [-0.39, 0.29) is 5.78 Å². The number of methoxy groups -OCH3 is 1. The molecule has 5 heteroatoms. The van der Waals surface area contributed by atoms with Crippen molar-refractivity contribution in [2.75, 3.05) is 7.11 Å². The topological polar surface area (TPSA) is 59.3 Å². The van der Waals surface area contributed by atoms with E-state index in [1.807, 2.05) is 6.07 Å². The van der Waals surface area contributed by atoms with Crippen LogP contribution in [0.2, 0.25) is 0 Å². The Morgan fingerprint density at radius 3 is 2.43 bits per heavy atom. The SMILES string of the molecule is COc1cc(C#N)cc(Oc2ccc(C(C)=O)c(Br)c2)c1. The van der Waals surface area contributed by atoms with Crippen molar-refractivity contribution in [1.29, 1.82) is 5.26 Å². The standard InChI is InChI=1S/C16H12BrNO3/c1-10(19)15-4-3-12(8-16(15)17)21-14-6-11(9-18)5-13(7-14)20-2/h3-8H,1-2H3. The third-order valence-corrected chi connectivity index (χ3v) is 3.46. The van der Waals surface area contributed by atoms with Crippen molar-refractivity contribution in [3.63, 3.8) is 0 Å². The van der Waals surface area contributed by atoms with Gasteiger partial charge in [0, 0.05) is 16.1 Å². The Morgan fingerprint density at radius 1 is 1.14 bits per heavy atom. The van der Waals surface area contributed by atoms with Gasteiger partial charge in [-0.25, -0.2) is 0 Å². The number of rotatable bonds is 4. The van der Waals surface area contributed by atoms with Gasteiger partial charge in [-0.05, 0) is 53.2 Å². The van der Waals surface area contributed by atoms with Gasteiger partial charge < -0.3 is 9.47 Å². The molecule has 0 saturated heterocycles. The van der Waals surface area contributed by atoms with Gasteiger partial charge in [0.1, 0.15) is 17.2 Å². The quantitative estimate of drug-likeness (QED) is 0.774. The number of hydrogen-bond donors (Lipinski definition) is 0. The van der Waals surface area contributed by atoms with Crippen molar-refractivity contribution < 1.29 is 14.3 Å². The summed E-state index contributed by atoms with van der Waals surface area (Å²) in [6.45, 7) is 1.50. The average Bonchev–Trinajstić information content (AvgIpc) is 2.46. The van der Waals surface area contributed by atoms with Crippen molar-refractivity contribution in [3.05, 3.63) is 52.0 Å². The lowest BCUT2D eigenvalue weighted by atomic mass is 10.1. The normalized spacial score (nSPS) is 9.81. The van der Waals surface area contributed by atoms with Crippen molar-refractivity contribution in [2.45, 2.75) is 6.92 Å². The second-order valence-electron chi connectivity index (χ2n) is 4.31. The Labute approximate surface area is 131 Å². The van der Waals surface area contributed by atoms with E-state index in [2.05, 4.69) is 15.9 Å². The fourth-order valence-corrected chi connectivity index (χ4v) is 2.43. The Bertz CT molecular complexity index is 735. The zero-order chi connectivity index (χ0) is 15.4. The molecule has 0 atom stereocenters. The zero-order valence-corrected chi connectivity index (χ0v) is 13.1. The van der Waals surface area contributed by atoms with Gasteiger partial charge >= 0.3 is 0 Å². The first kappa shape index (κ1) is 15.1. The predicted octanol–water partition coefficient (Wildman–Crippen LogP) is 4.32. The molecule has 0 aromatic heterocycles. The smallest absolute Gasteiger partial charge is 0.160 e. The maximum absolute atomic E-state index is 11.4. The number of nitriles is 1. The molecule has 0 saturated carbocycles. The lowest BCUT2D eigenvalue weighted by Crippen LogP contribution is -1.94. The highest BCUT2D eigenvalue weighted by Gasteiger charge is 2.08. The van der Waals surface area contributed by atoms with Gasteiger partial charge in [0.2, 0.25) is 0 Å². The molecule has 0 amide bonds. The zero-order valence-electron chi connectivity index (χ0n) is 11.5. The minimum Gasteiger partial charge on any atom is -0.497 e. The Hall–Kier alpha value is -2.32. The minimum absolute atomic E-state index is 0.0263. The number of Topliss-reactive ketones (excluding diaryl/α,β-unsaturated/α-hetero) is 1.